The number of aryl methyl sites for hydroxylation is 1. The van der Waals surface area contributed by atoms with E-state index < -0.39 is 0 Å². The summed E-state index contributed by atoms with van der Waals surface area (Å²) in [5.74, 6) is 1.20. The Bertz CT molecular complexity index is 610. The summed E-state index contributed by atoms with van der Waals surface area (Å²) in [4.78, 5) is 32.5. The van der Waals surface area contributed by atoms with Crippen molar-refractivity contribution in [3.05, 3.63) is 22.7 Å². The van der Waals surface area contributed by atoms with Gasteiger partial charge in [-0.05, 0) is 18.8 Å². The molecule has 0 spiro atoms. The van der Waals surface area contributed by atoms with E-state index in [4.69, 9.17) is 0 Å². The van der Waals surface area contributed by atoms with Gasteiger partial charge in [0, 0.05) is 51.5 Å². The lowest BCUT2D eigenvalue weighted by Gasteiger charge is -2.35. The number of carbonyl (C=O) groups is 1. The summed E-state index contributed by atoms with van der Waals surface area (Å²) in [7, 11) is 3.63. The van der Waals surface area contributed by atoms with Crippen LogP contribution in [0.1, 0.15) is 33.6 Å². The number of carbonyl (C=O) groups excluding carboxylic acids is 1. The Kier molecular flexibility index (Phi) is 5.12. The summed E-state index contributed by atoms with van der Waals surface area (Å²) in [6.07, 6.45) is 5.28. The second kappa shape index (κ2) is 6.72. The summed E-state index contributed by atoms with van der Waals surface area (Å²) >= 11 is 0. The van der Waals surface area contributed by atoms with Gasteiger partial charge >= 0.3 is 0 Å². The largest absolute Gasteiger partial charge is 0.352 e. The van der Waals surface area contributed by atoms with Crippen LogP contribution in [0.2, 0.25) is 0 Å². The fraction of sp³-hybridized carbons (Fsp3) is 0.706. The minimum absolute atomic E-state index is 0.0500. The van der Waals surface area contributed by atoms with Gasteiger partial charge in [0.1, 0.15) is 0 Å². The molecule has 2 heterocycles. The van der Waals surface area contributed by atoms with Gasteiger partial charge in [0.25, 0.3) is 5.56 Å². The third-order valence-corrected chi connectivity index (χ3v) is 4.43. The molecule has 2 rings (SSSR count). The highest BCUT2D eigenvalue weighted by molar-refractivity contribution is 5.81. The number of aromatic nitrogens is 2. The standard InChI is InChI=1S/C17H28N4O2/c1-17(2,3)16(23)20(5)12-13-6-9-21(10-7-13)14-15(22)19(4)11-8-18-14/h8,11,13H,6-7,9-10,12H2,1-5H3. The van der Waals surface area contributed by atoms with Crippen molar-refractivity contribution in [1.82, 2.24) is 14.5 Å². The van der Waals surface area contributed by atoms with Crippen LogP contribution in [-0.2, 0) is 11.8 Å². The van der Waals surface area contributed by atoms with Crippen LogP contribution in [0.5, 0.6) is 0 Å². The number of piperidine rings is 1. The minimum atomic E-state index is -0.338. The predicted octanol–water partition coefficient (Wildman–Crippen LogP) is 1.50. The van der Waals surface area contributed by atoms with E-state index in [1.165, 1.54) is 0 Å². The molecule has 1 saturated heterocycles. The van der Waals surface area contributed by atoms with Crippen LogP contribution in [0.15, 0.2) is 17.2 Å². The van der Waals surface area contributed by atoms with E-state index in [0.29, 0.717) is 11.7 Å². The lowest BCUT2D eigenvalue weighted by molar-refractivity contribution is -0.138. The number of hydrogen-bond acceptors (Lipinski definition) is 4. The number of hydrogen-bond donors (Lipinski definition) is 0. The van der Waals surface area contributed by atoms with E-state index in [1.807, 2.05) is 32.7 Å². The summed E-state index contributed by atoms with van der Waals surface area (Å²) in [6, 6.07) is 0. The number of nitrogens with zero attached hydrogens (tertiary/aromatic N) is 4. The van der Waals surface area contributed by atoms with Crippen molar-refractivity contribution in [3.63, 3.8) is 0 Å². The summed E-state index contributed by atoms with van der Waals surface area (Å²) in [5, 5.41) is 0. The van der Waals surface area contributed by atoms with Gasteiger partial charge in [0.15, 0.2) is 5.82 Å². The van der Waals surface area contributed by atoms with Crippen LogP contribution in [-0.4, -0.2) is 47.0 Å². The van der Waals surface area contributed by atoms with Gasteiger partial charge in [-0.2, -0.15) is 0 Å². The average molecular weight is 320 g/mol. The number of rotatable bonds is 3. The van der Waals surface area contributed by atoms with Gasteiger partial charge in [-0.1, -0.05) is 20.8 Å². The molecule has 0 atom stereocenters. The van der Waals surface area contributed by atoms with Crippen LogP contribution in [0.25, 0.3) is 0 Å². The van der Waals surface area contributed by atoms with Crippen molar-refractivity contribution >= 4 is 11.7 Å². The van der Waals surface area contributed by atoms with Crippen molar-refractivity contribution in [2.75, 3.05) is 31.6 Å². The van der Waals surface area contributed by atoms with Gasteiger partial charge in [0.2, 0.25) is 5.91 Å². The lowest BCUT2D eigenvalue weighted by Crippen LogP contribution is -2.44. The first-order chi connectivity index (χ1) is 10.7. The summed E-state index contributed by atoms with van der Waals surface area (Å²) in [5.41, 5.74) is -0.388. The van der Waals surface area contributed by atoms with Crippen molar-refractivity contribution < 1.29 is 4.79 Å². The van der Waals surface area contributed by atoms with Crippen molar-refractivity contribution in [3.8, 4) is 0 Å². The molecule has 0 radical (unpaired) electrons. The highest BCUT2D eigenvalue weighted by Crippen LogP contribution is 2.23. The number of anilines is 1. The van der Waals surface area contributed by atoms with Crippen LogP contribution in [0.3, 0.4) is 0 Å². The smallest absolute Gasteiger partial charge is 0.293 e. The van der Waals surface area contributed by atoms with Gasteiger partial charge in [-0.15, -0.1) is 0 Å². The van der Waals surface area contributed by atoms with E-state index in [0.717, 1.165) is 32.5 Å². The normalized spacial score (nSPS) is 16.5. The highest BCUT2D eigenvalue weighted by Gasteiger charge is 2.28. The SMILES string of the molecule is CN(CC1CCN(c2nccn(C)c2=O)CC1)C(=O)C(C)(C)C. The van der Waals surface area contributed by atoms with E-state index >= 15 is 0 Å². The first kappa shape index (κ1) is 17.5. The molecule has 0 unspecified atom stereocenters. The topological polar surface area (TPSA) is 58.4 Å². The zero-order valence-corrected chi connectivity index (χ0v) is 14.9. The predicted molar refractivity (Wildman–Crippen MR) is 91.5 cm³/mol. The molecule has 1 fully saturated rings. The van der Waals surface area contributed by atoms with Crippen molar-refractivity contribution in [2.45, 2.75) is 33.6 Å². The molecule has 6 nitrogen and oxygen atoms in total. The molecule has 1 amide bonds. The average Bonchev–Trinajstić information content (AvgIpc) is 2.49. The first-order valence-corrected chi connectivity index (χ1v) is 8.22. The Morgan fingerprint density at radius 2 is 1.96 bits per heavy atom. The van der Waals surface area contributed by atoms with Gasteiger partial charge in [0.05, 0.1) is 0 Å². The maximum Gasteiger partial charge on any atom is 0.293 e. The Morgan fingerprint density at radius 1 is 1.35 bits per heavy atom. The highest BCUT2D eigenvalue weighted by atomic mass is 16.2. The first-order valence-electron chi connectivity index (χ1n) is 8.22. The van der Waals surface area contributed by atoms with Gasteiger partial charge in [-0.25, -0.2) is 4.98 Å². The van der Waals surface area contributed by atoms with Crippen LogP contribution < -0.4 is 10.5 Å². The Hall–Kier alpha value is -1.85. The fourth-order valence-corrected chi connectivity index (χ4v) is 3.07. The minimum Gasteiger partial charge on any atom is -0.352 e. The zero-order chi connectivity index (χ0) is 17.2. The molecule has 0 saturated carbocycles. The molecule has 6 heteroatoms. The van der Waals surface area contributed by atoms with E-state index in [-0.39, 0.29) is 16.9 Å². The lowest BCUT2D eigenvalue weighted by atomic mass is 9.92. The van der Waals surface area contributed by atoms with E-state index in [1.54, 1.807) is 24.0 Å². The number of amides is 1. The molecular weight excluding hydrogens is 292 g/mol. The molecule has 1 aliphatic heterocycles. The maximum atomic E-state index is 12.3. The van der Waals surface area contributed by atoms with Gasteiger partial charge in [-0.3, -0.25) is 9.59 Å². The summed E-state index contributed by atoms with van der Waals surface area (Å²) < 4.78 is 1.56. The molecule has 1 aromatic rings. The van der Waals surface area contributed by atoms with Crippen molar-refractivity contribution in [2.24, 2.45) is 18.4 Å². The Labute approximate surface area is 138 Å². The third kappa shape index (κ3) is 4.12. The van der Waals surface area contributed by atoms with Crippen molar-refractivity contribution in [1.29, 1.82) is 0 Å². The summed E-state index contributed by atoms with van der Waals surface area (Å²) in [6.45, 7) is 8.26. The molecule has 0 N–H and O–H groups in total. The monoisotopic (exact) mass is 320 g/mol. The van der Waals surface area contributed by atoms with Crippen LogP contribution in [0.4, 0.5) is 5.82 Å². The van der Waals surface area contributed by atoms with E-state index in [2.05, 4.69) is 9.88 Å². The molecule has 128 valence electrons. The molecule has 1 aromatic heterocycles. The molecule has 23 heavy (non-hydrogen) atoms. The Morgan fingerprint density at radius 3 is 2.52 bits per heavy atom. The molecular formula is C17H28N4O2. The molecule has 0 bridgehead atoms. The third-order valence-electron chi connectivity index (χ3n) is 4.43. The second-order valence-electron chi connectivity index (χ2n) is 7.53. The Balaban J connectivity index is 1.93. The molecule has 0 aromatic carbocycles. The zero-order valence-electron chi connectivity index (χ0n) is 14.9. The maximum absolute atomic E-state index is 12.3. The van der Waals surface area contributed by atoms with Crippen LogP contribution in [0, 0.1) is 11.3 Å². The van der Waals surface area contributed by atoms with E-state index in [9.17, 15) is 9.59 Å². The quantitative estimate of drug-likeness (QED) is 0.847. The molecule has 1 aliphatic rings. The second-order valence-corrected chi connectivity index (χ2v) is 7.53. The molecule has 0 aliphatic carbocycles. The van der Waals surface area contributed by atoms with Gasteiger partial charge < -0.3 is 14.4 Å². The fourth-order valence-electron chi connectivity index (χ4n) is 3.07. The van der Waals surface area contributed by atoms with Crippen LogP contribution >= 0.6 is 0 Å².